The molecule has 0 aromatic heterocycles. The van der Waals surface area contributed by atoms with Gasteiger partial charge in [-0.1, -0.05) is 48.6 Å². The van der Waals surface area contributed by atoms with Crippen molar-refractivity contribution in [3.05, 3.63) is 83.0 Å². The van der Waals surface area contributed by atoms with Crippen LogP contribution in [0.2, 0.25) is 0 Å². The molecule has 0 bridgehead atoms. The molecule has 2 heteroatoms. The molecule has 0 saturated carbocycles. The van der Waals surface area contributed by atoms with E-state index in [4.69, 9.17) is 9.98 Å². The van der Waals surface area contributed by atoms with Crippen LogP contribution in [0, 0.1) is 27.7 Å². The summed E-state index contributed by atoms with van der Waals surface area (Å²) in [6, 6.07) is 12.5. The molecular formula is C22H22N2. The maximum atomic E-state index is 4.90. The molecule has 0 radical (unpaired) electrons. The average Bonchev–Trinajstić information content (AvgIpc) is 2.56. The lowest BCUT2D eigenvalue weighted by Crippen LogP contribution is -2.11. The lowest BCUT2D eigenvalue weighted by Gasteiger charge is -2.11. The summed E-state index contributed by atoms with van der Waals surface area (Å²) in [4.78, 5) is 9.80. The van der Waals surface area contributed by atoms with Crippen molar-refractivity contribution < 1.29 is 0 Å². The number of rotatable bonds is 2. The normalized spacial score (nSPS) is 17.0. The molecule has 2 nitrogen and oxygen atoms in total. The second-order valence-electron chi connectivity index (χ2n) is 6.19. The Morgan fingerprint density at radius 2 is 0.875 bits per heavy atom. The van der Waals surface area contributed by atoms with Crippen molar-refractivity contribution in [1.82, 2.24) is 0 Å². The average molecular weight is 314 g/mol. The Labute approximate surface area is 144 Å². The van der Waals surface area contributed by atoms with Crippen LogP contribution in [0.15, 0.2) is 70.7 Å². The zero-order chi connectivity index (χ0) is 17.1. The number of allylic oxidation sites excluding steroid dienone is 4. The lowest BCUT2D eigenvalue weighted by molar-refractivity contribution is 1.32. The van der Waals surface area contributed by atoms with Crippen LogP contribution in [0.3, 0.4) is 0 Å². The number of aryl methyl sites for hydroxylation is 4. The van der Waals surface area contributed by atoms with Gasteiger partial charge in [-0.3, -0.25) is 0 Å². The van der Waals surface area contributed by atoms with Gasteiger partial charge in [0.05, 0.1) is 22.8 Å². The fourth-order valence-electron chi connectivity index (χ4n) is 2.86. The summed E-state index contributed by atoms with van der Waals surface area (Å²) >= 11 is 0. The largest absolute Gasteiger partial charge is 0.246 e. The first-order valence-corrected chi connectivity index (χ1v) is 8.21. The predicted molar refractivity (Wildman–Crippen MR) is 104 cm³/mol. The lowest BCUT2D eigenvalue weighted by atomic mass is 10.1. The van der Waals surface area contributed by atoms with Crippen LogP contribution in [0.4, 0.5) is 11.4 Å². The Kier molecular flexibility index (Phi) is 4.57. The molecule has 1 aliphatic carbocycles. The number of benzene rings is 2. The summed E-state index contributed by atoms with van der Waals surface area (Å²) in [6.07, 6.45) is 8.07. The van der Waals surface area contributed by atoms with Gasteiger partial charge in [0.1, 0.15) is 0 Å². The highest BCUT2D eigenvalue weighted by atomic mass is 14.8. The Morgan fingerprint density at radius 3 is 1.21 bits per heavy atom. The predicted octanol–water partition coefficient (Wildman–Crippen LogP) is 5.89. The monoisotopic (exact) mass is 314 g/mol. The number of aliphatic imine (C=N–C) groups is 2. The number of para-hydroxylation sites is 2. The Morgan fingerprint density at radius 1 is 0.542 bits per heavy atom. The van der Waals surface area contributed by atoms with E-state index in [9.17, 15) is 0 Å². The van der Waals surface area contributed by atoms with Crippen LogP contribution in [0.1, 0.15) is 22.3 Å². The van der Waals surface area contributed by atoms with E-state index in [2.05, 4.69) is 64.1 Å². The molecule has 24 heavy (non-hydrogen) atoms. The maximum absolute atomic E-state index is 4.90. The highest BCUT2D eigenvalue weighted by Crippen LogP contribution is 2.26. The van der Waals surface area contributed by atoms with Crippen LogP contribution < -0.4 is 0 Å². The SMILES string of the molecule is Cc1cccc(C)c1N=C1C=CC=CC1=Nc1c(C)cccc1C. The minimum absolute atomic E-state index is 0.901. The van der Waals surface area contributed by atoms with Crippen molar-refractivity contribution >= 4 is 22.8 Å². The van der Waals surface area contributed by atoms with Crippen LogP contribution >= 0.6 is 0 Å². The van der Waals surface area contributed by atoms with Crippen LogP contribution in [-0.2, 0) is 0 Å². The Bertz CT molecular complexity index is 780. The molecule has 1 aliphatic rings. The summed E-state index contributed by atoms with van der Waals surface area (Å²) in [5.41, 5.74) is 8.57. The Balaban J connectivity index is 2.11. The van der Waals surface area contributed by atoms with Gasteiger partial charge in [-0.15, -0.1) is 0 Å². The van der Waals surface area contributed by atoms with Crippen LogP contribution in [0.5, 0.6) is 0 Å². The molecule has 0 heterocycles. The van der Waals surface area contributed by atoms with E-state index >= 15 is 0 Å². The fourth-order valence-corrected chi connectivity index (χ4v) is 2.86. The number of hydrogen-bond donors (Lipinski definition) is 0. The molecule has 120 valence electrons. The molecule has 2 aromatic rings. The van der Waals surface area contributed by atoms with E-state index in [1.165, 1.54) is 22.3 Å². The van der Waals surface area contributed by atoms with E-state index in [1.54, 1.807) is 0 Å². The quantitative estimate of drug-likeness (QED) is 0.617. The molecule has 3 rings (SSSR count). The fraction of sp³-hybridized carbons (Fsp3) is 0.182. The third-order valence-corrected chi connectivity index (χ3v) is 4.23. The number of hydrogen-bond acceptors (Lipinski definition) is 2. The minimum atomic E-state index is 0.901. The third-order valence-electron chi connectivity index (χ3n) is 4.23. The Hall–Kier alpha value is -2.74. The van der Waals surface area contributed by atoms with Gasteiger partial charge in [-0.05, 0) is 62.1 Å². The highest BCUT2D eigenvalue weighted by Gasteiger charge is 2.10. The molecule has 0 N–H and O–H groups in total. The molecule has 0 amide bonds. The summed E-state index contributed by atoms with van der Waals surface area (Å²) in [5.74, 6) is 0. The number of nitrogens with zero attached hydrogens (tertiary/aromatic N) is 2. The van der Waals surface area contributed by atoms with Gasteiger partial charge >= 0.3 is 0 Å². The minimum Gasteiger partial charge on any atom is -0.246 e. The second-order valence-corrected chi connectivity index (χ2v) is 6.19. The summed E-state index contributed by atoms with van der Waals surface area (Å²) in [6.45, 7) is 8.38. The maximum Gasteiger partial charge on any atom is 0.0893 e. The molecule has 0 atom stereocenters. The van der Waals surface area contributed by atoms with Gasteiger partial charge in [0, 0.05) is 0 Å². The van der Waals surface area contributed by atoms with Gasteiger partial charge in [0.15, 0.2) is 0 Å². The van der Waals surface area contributed by atoms with E-state index in [1.807, 2.05) is 24.3 Å². The zero-order valence-corrected chi connectivity index (χ0v) is 14.7. The van der Waals surface area contributed by atoms with Crippen molar-refractivity contribution in [3.8, 4) is 0 Å². The van der Waals surface area contributed by atoms with Gasteiger partial charge in [0.2, 0.25) is 0 Å². The summed E-state index contributed by atoms with van der Waals surface area (Å²) < 4.78 is 0. The van der Waals surface area contributed by atoms with Crippen molar-refractivity contribution in [2.24, 2.45) is 9.98 Å². The topological polar surface area (TPSA) is 24.7 Å². The first-order valence-electron chi connectivity index (χ1n) is 8.21. The summed E-state index contributed by atoms with van der Waals surface area (Å²) in [5, 5.41) is 0. The van der Waals surface area contributed by atoms with Crippen LogP contribution in [0.25, 0.3) is 0 Å². The van der Waals surface area contributed by atoms with E-state index in [-0.39, 0.29) is 0 Å². The zero-order valence-electron chi connectivity index (χ0n) is 14.7. The molecule has 0 spiro atoms. The van der Waals surface area contributed by atoms with E-state index < -0.39 is 0 Å². The molecular weight excluding hydrogens is 292 g/mol. The van der Waals surface area contributed by atoms with Crippen molar-refractivity contribution in [2.75, 3.05) is 0 Å². The third kappa shape index (κ3) is 3.28. The van der Waals surface area contributed by atoms with Gasteiger partial charge in [-0.2, -0.15) is 0 Å². The summed E-state index contributed by atoms with van der Waals surface area (Å²) in [7, 11) is 0. The molecule has 2 aromatic carbocycles. The van der Waals surface area contributed by atoms with Crippen molar-refractivity contribution in [3.63, 3.8) is 0 Å². The van der Waals surface area contributed by atoms with Crippen molar-refractivity contribution in [2.45, 2.75) is 27.7 Å². The molecule has 0 aliphatic heterocycles. The smallest absolute Gasteiger partial charge is 0.0893 e. The first-order chi connectivity index (χ1) is 11.6. The van der Waals surface area contributed by atoms with Gasteiger partial charge < -0.3 is 0 Å². The van der Waals surface area contributed by atoms with E-state index in [0.29, 0.717) is 0 Å². The molecule has 0 unspecified atom stereocenters. The van der Waals surface area contributed by atoms with Crippen molar-refractivity contribution in [1.29, 1.82) is 0 Å². The van der Waals surface area contributed by atoms with Crippen LogP contribution in [-0.4, -0.2) is 11.4 Å². The first kappa shape index (κ1) is 16.1. The molecule has 0 saturated heterocycles. The van der Waals surface area contributed by atoms with Gasteiger partial charge in [0.25, 0.3) is 0 Å². The highest BCUT2D eigenvalue weighted by molar-refractivity contribution is 6.51. The van der Waals surface area contributed by atoms with Gasteiger partial charge in [-0.25, -0.2) is 9.98 Å². The second kappa shape index (κ2) is 6.79. The van der Waals surface area contributed by atoms with E-state index in [0.717, 1.165) is 22.8 Å². The molecule has 0 fully saturated rings. The standard InChI is InChI=1S/C22H22N2/c1-15-9-7-10-16(2)21(15)23-19-13-5-6-14-20(19)24-22-17(3)11-8-12-18(22)4/h5-14H,1-4H3.